The standard InChI is InChI=1S/C15H21N7O3/c1-2-20-5-7-21(8-6-20)15-18-13(16)12(22(23)24)14(19-15)17-10-11-4-3-9-25-11/h3-4,9H,2,5-8,10H2,1H3,(H3,16,17,18,19)/p+1. The van der Waals surface area contributed by atoms with Gasteiger partial charge in [-0.1, -0.05) is 0 Å². The molecule has 25 heavy (non-hydrogen) atoms. The molecule has 1 saturated heterocycles. The molecule has 2 aromatic rings. The number of aromatic nitrogens is 2. The Bertz CT molecular complexity index is 727. The molecule has 2 aromatic heterocycles. The van der Waals surface area contributed by atoms with Crippen molar-refractivity contribution in [1.29, 1.82) is 0 Å². The van der Waals surface area contributed by atoms with Gasteiger partial charge in [0.1, 0.15) is 5.76 Å². The van der Waals surface area contributed by atoms with E-state index < -0.39 is 4.92 Å². The number of piperazine rings is 1. The summed E-state index contributed by atoms with van der Waals surface area (Å²) in [5.74, 6) is 1.03. The smallest absolute Gasteiger partial charge is 0.353 e. The van der Waals surface area contributed by atoms with Gasteiger partial charge >= 0.3 is 5.69 Å². The highest BCUT2D eigenvalue weighted by Crippen LogP contribution is 2.30. The lowest BCUT2D eigenvalue weighted by atomic mass is 10.3. The minimum absolute atomic E-state index is 0.106. The second-order valence-electron chi connectivity index (χ2n) is 5.89. The number of hydrogen-bond acceptors (Lipinski definition) is 8. The molecular formula is C15H22N7O3+. The van der Waals surface area contributed by atoms with Crippen molar-refractivity contribution in [3.05, 3.63) is 34.3 Å². The molecule has 0 spiro atoms. The Hall–Kier alpha value is -2.88. The molecule has 10 nitrogen and oxygen atoms in total. The van der Waals surface area contributed by atoms with Crippen molar-refractivity contribution in [3.63, 3.8) is 0 Å². The number of quaternary nitrogens is 1. The number of nitro groups is 1. The summed E-state index contributed by atoms with van der Waals surface area (Å²) in [6, 6.07) is 3.53. The van der Waals surface area contributed by atoms with Crippen LogP contribution in [0, 0.1) is 10.1 Å². The van der Waals surface area contributed by atoms with E-state index >= 15 is 0 Å². The minimum atomic E-state index is -0.567. The minimum Gasteiger partial charge on any atom is -0.467 e. The van der Waals surface area contributed by atoms with E-state index in [1.807, 2.05) is 4.90 Å². The fourth-order valence-corrected chi connectivity index (χ4v) is 2.87. The lowest BCUT2D eigenvalue weighted by molar-refractivity contribution is -0.898. The van der Waals surface area contributed by atoms with Gasteiger partial charge in [-0.2, -0.15) is 9.97 Å². The number of hydrogen-bond donors (Lipinski definition) is 3. The van der Waals surface area contributed by atoms with Crippen LogP contribution in [0.15, 0.2) is 22.8 Å². The zero-order valence-electron chi connectivity index (χ0n) is 14.1. The predicted molar refractivity (Wildman–Crippen MR) is 92.6 cm³/mol. The number of rotatable bonds is 6. The molecule has 0 atom stereocenters. The largest absolute Gasteiger partial charge is 0.467 e. The summed E-state index contributed by atoms with van der Waals surface area (Å²) in [7, 11) is 0. The summed E-state index contributed by atoms with van der Waals surface area (Å²) in [4.78, 5) is 22.8. The molecule has 0 aromatic carbocycles. The van der Waals surface area contributed by atoms with Gasteiger partial charge in [-0.3, -0.25) is 10.1 Å². The van der Waals surface area contributed by atoms with Crippen LogP contribution in [-0.4, -0.2) is 47.6 Å². The predicted octanol–water partition coefficient (Wildman–Crippen LogP) is -0.103. The Morgan fingerprint density at radius 1 is 1.44 bits per heavy atom. The average Bonchev–Trinajstić information content (AvgIpc) is 3.12. The van der Waals surface area contributed by atoms with Gasteiger partial charge in [-0.15, -0.1) is 0 Å². The highest BCUT2D eigenvalue weighted by molar-refractivity contribution is 5.70. The summed E-state index contributed by atoms with van der Waals surface area (Å²) < 4.78 is 5.24. The Labute approximate surface area is 144 Å². The van der Waals surface area contributed by atoms with E-state index in [1.165, 1.54) is 4.90 Å². The van der Waals surface area contributed by atoms with E-state index in [4.69, 9.17) is 10.2 Å². The maximum atomic E-state index is 11.3. The van der Waals surface area contributed by atoms with Crippen LogP contribution >= 0.6 is 0 Å². The van der Waals surface area contributed by atoms with E-state index in [0.717, 1.165) is 32.7 Å². The van der Waals surface area contributed by atoms with Crippen molar-refractivity contribution in [2.75, 3.05) is 48.7 Å². The number of nitrogens with two attached hydrogens (primary N) is 1. The molecule has 1 aliphatic rings. The molecule has 1 fully saturated rings. The lowest BCUT2D eigenvalue weighted by Gasteiger charge is -2.31. The first-order chi connectivity index (χ1) is 12.1. The first-order valence-corrected chi connectivity index (χ1v) is 8.25. The highest BCUT2D eigenvalue weighted by Gasteiger charge is 2.27. The molecule has 0 amide bonds. The number of anilines is 3. The average molecular weight is 348 g/mol. The Balaban J connectivity index is 1.83. The van der Waals surface area contributed by atoms with E-state index in [2.05, 4.69) is 22.2 Å². The maximum absolute atomic E-state index is 11.3. The van der Waals surface area contributed by atoms with Crippen molar-refractivity contribution in [2.24, 2.45) is 0 Å². The van der Waals surface area contributed by atoms with Crippen molar-refractivity contribution in [1.82, 2.24) is 9.97 Å². The third-order valence-electron chi connectivity index (χ3n) is 4.35. The van der Waals surface area contributed by atoms with Crippen molar-refractivity contribution < 1.29 is 14.2 Å². The van der Waals surface area contributed by atoms with Crippen molar-refractivity contribution in [2.45, 2.75) is 13.5 Å². The molecule has 0 unspecified atom stereocenters. The second kappa shape index (κ2) is 7.34. The van der Waals surface area contributed by atoms with E-state index in [1.54, 1.807) is 18.4 Å². The lowest BCUT2D eigenvalue weighted by Crippen LogP contribution is -3.14. The van der Waals surface area contributed by atoms with Gasteiger partial charge in [0.25, 0.3) is 0 Å². The molecule has 0 radical (unpaired) electrons. The molecule has 3 rings (SSSR count). The van der Waals surface area contributed by atoms with Crippen LogP contribution in [0.25, 0.3) is 0 Å². The fraction of sp³-hybridized carbons (Fsp3) is 0.467. The number of likely N-dealkylation sites (N-methyl/N-ethyl adjacent to an activating group) is 1. The van der Waals surface area contributed by atoms with Crippen molar-refractivity contribution >= 4 is 23.3 Å². The topological polar surface area (TPSA) is 128 Å². The molecule has 134 valence electrons. The van der Waals surface area contributed by atoms with Crippen LogP contribution in [0.2, 0.25) is 0 Å². The molecule has 1 aliphatic heterocycles. The summed E-state index contributed by atoms with van der Waals surface area (Å²) in [6.07, 6.45) is 1.54. The first kappa shape index (κ1) is 17.0. The normalized spacial score (nSPS) is 15.3. The summed E-state index contributed by atoms with van der Waals surface area (Å²) in [5, 5.41) is 14.3. The zero-order chi connectivity index (χ0) is 17.8. The third-order valence-corrected chi connectivity index (χ3v) is 4.35. The Morgan fingerprint density at radius 3 is 2.80 bits per heavy atom. The molecule has 0 bridgehead atoms. The van der Waals surface area contributed by atoms with Gasteiger partial charge in [-0.05, 0) is 19.1 Å². The first-order valence-electron chi connectivity index (χ1n) is 8.25. The fourth-order valence-electron chi connectivity index (χ4n) is 2.87. The van der Waals surface area contributed by atoms with Crippen LogP contribution in [0.3, 0.4) is 0 Å². The summed E-state index contributed by atoms with van der Waals surface area (Å²) >= 11 is 0. The third kappa shape index (κ3) is 3.79. The molecule has 3 heterocycles. The van der Waals surface area contributed by atoms with Crippen LogP contribution in [0.4, 0.5) is 23.3 Å². The number of nitrogens with zero attached hydrogens (tertiary/aromatic N) is 4. The molecule has 4 N–H and O–H groups in total. The van der Waals surface area contributed by atoms with Crippen LogP contribution in [0.5, 0.6) is 0 Å². The van der Waals surface area contributed by atoms with E-state index in [9.17, 15) is 10.1 Å². The maximum Gasteiger partial charge on any atom is 0.353 e. The van der Waals surface area contributed by atoms with Gasteiger partial charge in [0, 0.05) is 0 Å². The van der Waals surface area contributed by atoms with Gasteiger partial charge < -0.3 is 25.3 Å². The van der Waals surface area contributed by atoms with E-state index in [0.29, 0.717) is 11.7 Å². The van der Waals surface area contributed by atoms with E-state index in [-0.39, 0.29) is 23.9 Å². The van der Waals surface area contributed by atoms with Crippen molar-refractivity contribution in [3.8, 4) is 0 Å². The number of furan rings is 1. The molecule has 0 saturated carbocycles. The SMILES string of the molecule is CC[NH+]1CCN(c2nc(N)c([N+](=O)[O-])c(NCc3ccco3)n2)CC1. The van der Waals surface area contributed by atoms with Crippen LogP contribution < -0.4 is 20.9 Å². The molecule has 10 heteroatoms. The van der Waals surface area contributed by atoms with Gasteiger partial charge in [0.05, 0.1) is 50.5 Å². The quantitative estimate of drug-likeness (QED) is 0.488. The number of nitrogens with one attached hydrogen (secondary N) is 2. The summed E-state index contributed by atoms with van der Waals surface area (Å²) in [6.45, 7) is 7.04. The van der Waals surface area contributed by atoms with Crippen LogP contribution in [0.1, 0.15) is 12.7 Å². The Morgan fingerprint density at radius 2 is 2.20 bits per heavy atom. The summed E-state index contributed by atoms with van der Waals surface area (Å²) in [5.41, 5.74) is 5.53. The number of nitrogen functional groups attached to an aromatic ring is 1. The Kier molecular flexibility index (Phi) is 4.98. The molecule has 0 aliphatic carbocycles. The highest BCUT2D eigenvalue weighted by atomic mass is 16.6. The monoisotopic (exact) mass is 348 g/mol. The zero-order valence-corrected chi connectivity index (χ0v) is 14.1. The molecular weight excluding hydrogens is 326 g/mol. The van der Waals surface area contributed by atoms with Gasteiger partial charge in [0.2, 0.25) is 17.6 Å². The van der Waals surface area contributed by atoms with Gasteiger partial charge in [-0.25, -0.2) is 0 Å². The second-order valence-corrected chi connectivity index (χ2v) is 5.89. The van der Waals surface area contributed by atoms with Gasteiger partial charge in [0.15, 0.2) is 0 Å². The van der Waals surface area contributed by atoms with Crippen LogP contribution in [-0.2, 0) is 6.54 Å².